The van der Waals surface area contributed by atoms with Gasteiger partial charge in [0.2, 0.25) is 0 Å². The molecule has 2 aromatic carbocycles. The fourth-order valence-electron chi connectivity index (χ4n) is 3.22. The maximum absolute atomic E-state index is 12.6. The largest absolute Gasteiger partial charge is 0.598 e. The summed E-state index contributed by atoms with van der Waals surface area (Å²) in [5.41, 5.74) is 4.05. The molecule has 0 spiro atoms. The first-order valence-electron chi connectivity index (χ1n) is 8.26. The van der Waals surface area contributed by atoms with E-state index < -0.39 is 11.4 Å². The smallest absolute Gasteiger partial charge is 0.136 e. The molecule has 1 unspecified atom stereocenters. The summed E-state index contributed by atoms with van der Waals surface area (Å²) in [5.74, 6) is 0.473. The van der Waals surface area contributed by atoms with E-state index in [1.165, 1.54) is 16.7 Å². The molecule has 1 aliphatic rings. The Balaban J connectivity index is 1.88. The van der Waals surface area contributed by atoms with Crippen LogP contribution in [-0.2, 0) is 17.8 Å². The average Bonchev–Trinajstić information content (AvgIpc) is 2.54. The lowest BCUT2D eigenvalue weighted by atomic mass is 9.78. The zero-order valence-electron chi connectivity index (χ0n) is 14.1. The van der Waals surface area contributed by atoms with Gasteiger partial charge in [0.05, 0.1) is 6.04 Å². The fourth-order valence-corrected chi connectivity index (χ4v) is 4.05. The fraction of sp³-hybridized carbons (Fsp3) is 0.400. The van der Waals surface area contributed by atoms with Gasteiger partial charge in [-0.1, -0.05) is 54.6 Å². The lowest BCUT2D eigenvalue weighted by molar-refractivity contribution is 0.456. The third-order valence-corrected chi connectivity index (χ3v) is 6.10. The normalized spacial score (nSPS) is 22.4. The van der Waals surface area contributed by atoms with Gasteiger partial charge >= 0.3 is 0 Å². The first kappa shape index (κ1) is 16.6. The Kier molecular flexibility index (Phi) is 4.81. The van der Waals surface area contributed by atoms with Crippen molar-refractivity contribution in [2.24, 2.45) is 0 Å². The molecule has 0 bridgehead atoms. The number of fused-ring (bicyclic) bond motifs is 1. The number of hydrogen-bond acceptors (Lipinski definition) is 2. The molecule has 0 aliphatic heterocycles. The highest BCUT2D eigenvalue weighted by atomic mass is 32.2. The van der Waals surface area contributed by atoms with Crippen LogP contribution in [0.25, 0.3) is 0 Å². The van der Waals surface area contributed by atoms with Crippen molar-refractivity contribution in [1.29, 1.82) is 0 Å². The van der Waals surface area contributed by atoms with Gasteiger partial charge in [0.1, 0.15) is 4.75 Å². The van der Waals surface area contributed by atoms with Gasteiger partial charge < -0.3 is 4.55 Å². The number of rotatable bonds is 3. The molecule has 122 valence electrons. The summed E-state index contributed by atoms with van der Waals surface area (Å²) in [6.45, 7) is 6.04. The van der Waals surface area contributed by atoms with Crippen LogP contribution in [0.2, 0.25) is 0 Å². The molecule has 0 amide bonds. The van der Waals surface area contributed by atoms with E-state index in [1.807, 2.05) is 20.8 Å². The minimum atomic E-state index is -1.06. The van der Waals surface area contributed by atoms with Crippen LogP contribution >= 0.6 is 0 Å². The van der Waals surface area contributed by atoms with Crippen molar-refractivity contribution in [3.05, 3.63) is 71.3 Å². The molecule has 2 aromatic rings. The van der Waals surface area contributed by atoms with Gasteiger partial charge in [-0.25, -0.2) is 0 Å². The van der Waals surface area contributed by atoms with Gasteiger partial charge in [-0.05, 0) is 56.2 Å². The van der Waals surface area contributed by atoms with Crippen molar-refractivity contribution in [3.8, 4) is 0 Å². The van der Waals surface area contributed by atoms with Crippen molar-refractivity contribution < 1.29 is 4.55 Å². The molecule has 0 saturated carbocycles. The summed E-state index contributed by atoms with van der Waals surface area (Å²) in [5, 5.41) is 0. The highest BCUT2D eigenvalue weighted by Crippen LogP contribution is 2.39. The molecule has 0 saturated heterocycles. The van der Waals surface area contributed by atoms with Gasteiger partial charge in [-0.2, -0.15) is 0 Å². The van der Waals surface area contributed by atoms with E-state index in [4.69, 9.17) is 0 Å². The van der Waals surface area contributed by atoms with Crippen molar-refractivity contribution in [2.75, 3.05) is 0 Å². The van der Waals surface area contributed by atoms with Gasteiger partial charge in [0, 0.05) is 11.4 Å². The number of nitrogens with one attached hydrogen (secondary N) is 1. The first-order chi connectivity index (χ1) is 10.9. The summed E-state index contributed by atoms with van der Waals surface area (Å²) in [6, 6.07) is 19.4. The second-order valence-corrected chi connectivity index (χ2v) is 9.30. The molecule has 1 aliphatic carbocycles. The molecule has 1 N–H and O–H groups in total. The summed E-state index contributed by atoms with van der Waals surface area (Å²) in [4.78, 5) is 0. The Bertz CT molecular complexity index is 650. The third kappa shape index (κ3) is 3.79. The number of benzene rings is 2. The average molecular weight is 327 g/mol. The summed E-state index contributed by atoms with van der Waals surface area (Å²) in [7, 11) is 0. The van der Waals surface area contributed by atoms with E-state index >= 15 is 0 Å². The highest BCUT2D eigenvalue weighted by molar-refractivity contribution is 7.90. The van der Waals surface area contributed by atoms with E-state index in [9.17, 15) is 4.55 Å². The van der Waals surface area contributed by atoms with Crippen molar-refractivity contribution in [1.82, 2.24) is 4.72 Å². The van der Waals surface area contributed by atoms with Crippen molar-refractivity contribution in [3.63, 3.8) is 0 Å². The molecule has 0 heterocycles. The van der Waals surface area contributed by atoms with Crippen molar-refractivity contribution >= 4 is 11.4 Å². The predicted molar refractivity (Wildman–Crippen MR) is 97.7 cm³/mol. The summed E-state index contributed by atoms with van der Waals surface area (Å²) < 4.78 is 15.7. The lowest BCUT2D eigenvalue weighted by Gasteiger charge is -2.34. The van der Waals surface area contributed by atoms with E-state index in [2.05, 4.69) is 59.3 Å². The van der Waals surface area contributed by atoms with E-state index in [0.29, 0.717) is 5.92 Å². The minimum Gasteiger partial charge on any atom is -0.598 e. The van der Waals surface area contributed by atoms with Gasteiger partial charge in [-0.15, -0.1) is 4.72 Å². The molecule has 23 heavy (non-hydrogen) atoms. The van der Waals surface area contributed by atoms with E-state index in [-0.39, 0.29) is 10.8 Å². The zero-order valence-corrected chi connectivity index (χ0v) is 14.9. The Morgan fingerprint density at radius 2 is 1.65 bits per heavy atom. The van der Waals surface area contributed by atoms with Gasteiger partial charge in [-0.3, -0.25) is 0 Å². The SMILES string of the molecule is CC(C)(C)[S+]([O-])N[C@@H]1C[C@H](c2ccccc2)Cc2ccccc21. The van der Waals surface area contributed by atoms with Crippen LogP contribution in [0.15, 0.2) is 54.6 Å². The van der Waals surface area contributed by atoms with Gasteiger partial charge in [0.25, 0.3) is 0 Å². The summed E-state index contributed by atoms with van der Waals surface area (Å²) >= 11 is -1.06. The van der Waals surface area contributed by atoms with E-state index in [0.717, 1.165) is 12.8 Å². The van der Waals surface area contributed by atoms with Crippen LogP contribution in [0.1, 0.15) is 55.8 Å². The standard InChI is InChI=1S/C20H25NOS/c1-20(2,3)23(22)21-19-14-17(15-9-5-4-6-10-15)13-16-11-7-8-12-18(16)19/h4-12,17,19,21H,13-14H2,1-3H3/t17-,19-,23?/m1/s1. The summed E-state index contributed by atoms with van der Waals surface area (Å²) in [6.07, 6.45) is 2.05. The minimum absolute atomic E-state index is 0.144. The molecule has 3 atom stereocenters. The first-order valence-corrected chi connectivity index (χ1v) is 9.41. The van der Waals surface area contributed by atoms with Crippen LogP contribution in [0, 0.1) is 0 Å². The van der Waals surface area contributed by atoms with Crippen LogP contribution in [0.4, 0.5) is 0 Å². The molecular formula is C20H25NOS. The van der Waals surface area contributed by atoms with Crippen molar-refractivity contribution in [2.45, 2.75) is 50.3 Å². The molecule has 2 nitrogen and oxygen atoms in total. The van der Waals surface area contributed by atoms with Crippen LogP contribution in [-0.4, -0.2) is 9.30 Å². The molecular weight excluding hydrogens is 302 g/mol. The Morgan fingerprint density at radius 1 is 1.00 bits per heavy atom. The maximum atomic E-state index is 12.6. The Hall–Kier alpha value is -1.29. The molecule has 3 heteroatoms. The van der Waals surface area contributed by atoms with Crippen LogP contribution in [0.5, 0.6) is 0 Å². The Morgan fingerprint density at radius 3 is 2.35 bits per heavy atom. The monoisotopic (exact) mass is 327 g/mol. The Labute approximate surface area is 142 Å². The predicted octanol–water partition coefficient (Wildman–Crippen LogP) is 4.51. The topological polar surface area (TPSA) is 35.1 Å². The molecule has 3 rings (SSSR count). The third-order valence-electron chi connectivity index (χ3n) is 4.49. The quantitative estimate of drug-likeness (QED) is 0.842. The molecule has 0 aromatic heterocycles. The second-order valence-electron chi connectivity index (χ2n) is 7.30. The van der Waals surface area contributed by atoms with Crippen LogP contribution < -0.4 is 4.72 Å². The van der Waals surface area contributed by atoms with E-state index in [1.54, 1.807) is 0 Å². The second kappa shape index (κ2) is 6.68. The van der Waals surface area contributed by atoms with Gasteiger partial charge in [0.15, 0.2) is 0 Å². The maximum Gasteiger partial charge on any atom is 0.136 e. The molecule has 0 fully saturated rings. The highest BCUT2D eigenvalue weighted by Gasteiger charge is 2.34. The number of hydrogen-bond donors (Lipinski definition) is 1. The zero-order chi connectivity index (χ0) is 16.4. The lowest BCUT2D eigenvalue weighted by Crippen LogP contribution is -2.42. The van der Waals surface area contributed by atoms with Crippen LogP contribution in [0.3, 0.4) is 0 Å². The molecule has 0 radical (unpaired) electrons.